The minimum atomic E-state index is -0.154. The third kappa shape index (κ3) is 4.34. The fraction of sp³-hybridized carbons (Fsp3) is 0.353. The smallest absolute Gasteiger partial charge is 0.240 e. The molecule has 0 atom stereocenters. The highest BCUT2D eigenvalue weighted by Crippen LogP contribution is 2.23. The number of hydrogen-bond acceptors (Lipinski definition) is 5. The molecule has 2 N–H and O–H groups in total. The first-order valence-electron chi connectivity index (χ1n) is 7.59. The van der Waals surface area contributed by atoms with Gasteiger partial charge in [-0.25, -0.2) is 5.43 Å². The molecule has 0 bridgehead atoms. The molecule has 0 saturated heterocycles. The van der Waals surface area contributed by atoms with Crippen molar-refractivity contribution in [1.29, 1.82) is 0 Å². The molecule has 1 heterocycles. The van der Waals surface area contributed by atoms with E-state index in [4.69, 9.17) is 9.47 Å². The Balaban J connectivity index is 1.90. The first kappa shape index (κ1) is 17.5. The second-order valence-corrected chi connectivity index (χ2v) is 5.31. The number of hydrazone groups is 1. The number of aromatic amines is 1. The molecule has 0 spiro atoms. The number of rotatable bonds is 7. The molecule has 0 radical (unpaired) electrons. The fourth-order valence-corrected chi connectivity index (χ4v) is 2.34. The summed E-state index contributed by atoms with van der Waals surface area (Å²) in [7, 11) is 3.16. The summed E-state index contributed by atoms with van der Waals surface area (Å²) in [5, 5.41) is 11.0. The van der Waals surface area contributed by atoms with E-state index in [1.807, 2.05) is 19.9 Å². The van der Waals surface area contributed by atoms with Crippen LogP contribution in [0.4, 0.5) is 0 Å². The van der Waals surface area contributed by atoms with Crippen molar-refractivity contribution in [2.75, 3.05) is 14.2 Å². The molecule has 0 aliphatic carbocycles. The lowest BCUT2D eigenvalue weighted by Gasteiger charge is -2.07. The fourth-order valence-electron chi connectivity index (χ4n) is 2.34. The number of amides is 1. The number of ether oxygens (including phenoxy) is 2. The summed E-state index contributed by atoms with van der Waals surface area (Å²) in [6, 6.07) is 5.37. The summed E-state index contributed by atoms with van der Waals surface area (Å²) >= 11 is 0. The molecule has 1 amide bonds. The average molecular weight is 330 g/mol. The van der Waals surface area contributed by atoms with Crippen molar-refractivity contribution in [3.63, 3.8) is 0 Å². The summed E-state index contributed by atoms with van der Waals surface area (Å²) in [5.41, 5.74) is 6.27. The minimum absolute atomic E-state index is 0.154. The van der Waals surface area contributed by atoms with Crippen LogP contribution < -0.4 is 14.9 Å². The van der Waals surface area contributed by atoms with Crippen molar-refractivity contribution >= 4 is 12.1 Å². The highest BCUT2D eigenvalue weighted by Gasteiger charge is 2.09. The summed E-state index contributed by atoms with van der Waals surface area (Å²) < 4.78 is 10.4. The van der Waals surface area contributed by atoms with Crippen LogP contribution in [0.2, 0.25) is 0 Å². The number of carbonyl (C=O) groups excluding carboxylic acids is 1. The summed E-state index contributed by atoms with van der Waals surface area (Å²) in [6.45, 7) is 3.87. The zero-order valence-electron chi connectivity index (χ0n) is 14.3. The van der Waals surface area contributed by atoms with Crippen LogP contribution in [-0.4, -0.2) is 36.5 Å². The maximum absolute atomic E-state index is 11.9. The summed E-state index contributed by atoms with van der Waals surface area (Å²) in [5.74, 6) is 1.16. The van der Waals surface area contributed by atoms with Gasteiger partial charge >= 0.3 is 0 Å². The number of H-pyrrole nitrogens is 1. The number of hydrogen-bond donors (Lipinski definition) is 2. The Morgan fingerprint density at radius 3 is 2.75 bits per heavy atom. The molecule has 2 aromatic rings. The molecule has 1 aromatic carbocycles. The standard InChI is InChI=1S/C17H22N4O3/c1-11-15(12(2)20-19-11)7-8-17(22)21-18-10-13-5-6-14(23-3)9-16(13)24-4/h5-6,9-10H,7-8H2,1-4H3,(H,19,20)(H,21,22)/b18-10-. The van der Waals surface area contributed by atoms with Gasteiger partial charge in [0.25, 0.3) is 0 Å². The Hall–Kier alpha value is -2.83. The highest BCUT2D eigenvalue weighted by molar-refractivity contribution is 5.85. The van der Waals surface area contributed by atoms with E-state index in [0.29, 0.717) is 24.3 Å². The van der Waals surface area contributed by atoms with Crippen LogP contribution in [0.5, 0.6) is 11.5 Å². The molecular formula is C17H22N4O3. The lowest BCUT2D eigenvalue weighted by molar-refractivity contribution is -0.121. The lowest BCUT2D eigenvalue weighted by atomic mass is 10.1. The predicted octanol–water partition coefficient (Wildman–Crippen LogP) is 2.13. The van der Waals surface area contributed by atoms with Gasteiger partial charge in [-0.2, -0.15) is 10.2 Å². The number of nitrogens with zero attached hydrogens (tertiary/aromatic N) is 2. The number of aryl methyl sites for hydroxylation is 2. The van der Waals surface area contributed by atoms with Crippen molar-refractivity contribution in [1.82, 2.24) is 15.6 Å². The molecule has 0 unspecified atom stereocenters. The van der Waals surface area contributed by atoms with Crippen molar-refractivity contribution < 1.29 is 14.3 Å². The molecular weight excluding hydrogens is 308 g/mol. The van der Waals surface area contributed by atoms with Crippen LogP contribution >= 0.6 is 0 Å². The molecule has 0 aliphatic rings. The van der Waals surface area contributed by atoms with Gasteiger partial charge in [-0.1, -0.05) is 0 Å². The van der Waals surface area contributed by atoms with Crippen LogP contribution in [0.1, 0.15) is 28.9 Å². The van der Waals surface area contributed by atoms with Crippen LogP contribution in [0, 0.1) is 13.8 Å². The van der Waals surface area contributed by atoms with Crippen LogP contribution in [0.3, 0.4) is 0 Å². The average Bonchev–Trinajstić information content (AvgIpc) is 2.91. The van der Waals surface area contributed by atoms with Crippen LogP contribution in [-0.2, 0) is 11.2 Å². The molecule has 0 fully saturated rings. The molecule has 2 rings (SSSR count). The van der Waals surface area contributed by atoms with Crippen molar-refractivity contribution in [2.45, 2.75) is 26.7 Å². The Kier molecular flexibility index (Phi) is 5.95. The first-order valence-corrected chi connectivity index (χ1v) is 7.59. The number of carbonyl (C=O) groups is 1. The third-order valence-electron chi connectivity index (χ3n) is 3.72. The normalized spacial score (nSPS) is 10.8. The quantitative estimate of drug-likeness (QED) is 0.601. The second-order valence-electron chi connectivity index (χ2n) is 5.31. The first-order chi connectivity index (χ1) is 11.5. The molecule has 24 heavy (non-hydrogen) atoms. The zero-order chi connectivity index (χ0) is 17.5. The van der Waals surface area contributed by atoms with Crippen molar-refractivity contribution in [2.24, 2.45) is 5.10 Å². The van der Waals surface area contributed by atoms with Crippen LogP contribution in [0.25, 0.3) is 0 Å². The number of nitrogens with one attached hydrogen (secondary N) is 2. The maximum atomic E-state index is 11.9. The highest BCUT2D eigenvalue weighted by atomic mass is 16.5. The molecule has 7 nitrogen and oxygen atoms in total. The second kappa shape index (κ2) is 8.14. The SMILES string of the molecule is COc1ccc(/C=N\NC(=O)CCc2c(C)n[nH]c2C)c(OC)c1. The van der Waals surface area contributed by atoms with E-state index in [1.165, 1.54) is 0 Å². The Bertz CT molecular complexity index is 718. The Morgan fingerprint density at radius 2 is 2.12 bits per heavy atom. The van der Waals surface area contributed by atoms with Gasteiger partial charge < -0.3 is 9.47 Å². The van der Waals surface area contributed by atoms with E-state index in [2.05, 4.69) is 20.7 Å². The van der Waals surface area contributed by atoms with E-state index in [9.17, 15) is 4.79 Å². The topological polar surface area (TPSA) is 88.6 Å². The van der Waals surface area contributed by atoms with Crippen molar-refractivity contribution in [3.05, 3.63) is 40.7 Å². The van der Waals surface area contributed by atoms with Gasteiger partial charge in [-0.05, 0) is 38.0 Å². The van der Waals surface area contributed by atoms with E-state index < -0.39 is 0 Å². The lowest BCUT2D eigenvalue weighted by Crippen LogP contribution is -2.18. The van der Waals surface area contributed by atoms with Gasteiger partial charge in [0.15, 0.2) is 0 Å². The molecule has 128 valence electrons. The maximum Gasteiger partial charge on any atom is 0.240 e. The van der Waals surface area contributed by atoms with Gasteiger partial charge in [-0.3, -0.25) is 9.89 Å². The predicted molar refractivity (Wildman–Crippen MR) is 91.7 cm³/mol. The zero-order valence-corrected chi connectivity index (χ0v) is 14.3. The van der Waals surface area contributed by atoms with E-state index in [-0.39, 0.29) is 5.91 Å². The number of methoxy groups -OCH3 is 2. The minimum Gasteiger partial charge on any atom is -0.497 e. The molecule has 0 aliphatic heterocycles. The van der Waals surface area contributed by atoms with Crippen LogP contribution in [0.15, 0.2) is 23.3 Å². The van der Waals surface area contributed by atoms with Gasteiger partial charge in [-0.15, -0.1) is 0 Å². The summed E-state index contributed by atoms with van der Waals surface area (Å²) in [6.07, 6.45) is 2.52. The third-order valence-corrected chi connectivity index (χ3v) is 3.72. The Labute approximate surface area is 141 Å². The monoisotopic (exact) mass is 330 g/mol. The van der Waals surface area contributed by atoms with E-state index >= 15 is 0 Å². The number of benzene rings is 1. The Morgan fingerprint density at radius 1 is 1.33 bits per heavy atom. The summed E-state index contributed by atoms with van der Waals surface area (Å²) in [4.78, 5) is 11.9. The molecule has 7 heteroatoms. The van der Waals surface area contributed by atoms with E-state index in [1.54, 1.807) is 32.6 Å². The largest absolute Gasteiger partial charge is 0.497 e. The van der Waals surface area contributed by atoms with E-state index in [0.717, 1.165) is 22.5 Å². The molecule has 0 saturated carbocycles. The van der Waals surface area contributed by atoms with Crippen molar-refractivity contribution in [3.8, 4) is 11.5 Å². The number of aromatic nitrogens is 2. The van der Waals surface area contributed by atoms with Gasteiger partial charge in [0.05, 0.1) is 26.1 Å². The molecule has 1 aromatic heterocycles. The van der Waals surface area contributed by atoms with Gasteiger partial charge in [0, 0.05) is 23.7 Å². The van der Waals surface area contributed by atoms with Gasteiger partial charge in [0.2, 0.25) is 5.91 Å². The van der Waals surface area contributed by atoms with Gasteiger partial charge in [0.1, 0.15) is 11.5 Å².